The molecule has 7 heteroatoms. The standard InChI is InChI=1S/C13H8BrF3N2O/c14-7-2-1-6(3-8(7)15)13(20)19-12-5-11(18)9(16)4-10(12)17/h1-5H,18H2,(H,19,20). The van der Waals surface area contributed by atoms with Gasteiger partial charge in [-0.3, -0.25) is 4.79 Å². The molecule has 0 fully saturated rings. The lowest BCUT2D eigenvalue weighted by molar-refractivity contribution is 0.102. The molecule has 0 spiro atoms. The van der Waals surface area contributed by atoms with Gasteiger partial charge in [-0.05, 0) is 40.2 Å². The summed E-state index contributed by atoms with van der Waals surface area (Å²) in [5.41, 5.74) is 4.70. The molecule has 104 valence electrons. The van der Waals surface area contributed by atoms with E-state index in [-0.39, 0.29) is 21.4 Å². The molecule has 0 saturated heterocycles. The fourth-order valence-corrected chi connectivity index (χ4v) is 1.74. The van der Waals surface area contributed by atoms with Crippen molar-refractivity contribution in [2.45, 2.75) is 0 Å². The van der Waals surface area contributed by atoms with Gasteiger partial charge in [-0.1, -0.05) is 0 Å². The summed E-state index contributed by atoms with van der Waals surface area (Å²) in [6, 6.07) is 5.21. The molecular weight excluding hydrogens is 337 g/mol. The third-order valence-corrected chi connectivity index (χ3v) is 3.16. The van der Waals surface area contributed by atoms with Crippen LogP contribution in [0.4, 0.5) is 24.5 Å². The van der Waals surface area contributed by atoms with E-state index in [4.69, 9.17) is 5.73 Å². The summed E-state index contributed by atoms with van der Waals surface area (Å²) in [5.74, 6) is -3.25. The maximum Gasteiger partial charge on any atom is 0.255 e. The number of rotatable bonds is 2. The zero-order valence-corrected chi connectivity index (χ0v) is 11.5. The molecule has 2 rings (SSSR count). The van der Waals surface area contributed by atoms with Crippen LogP contribution in [0.5, 0.6) is 0 Å². The number of carbonyl (C=O) groups excluding carboxylic acids is 1. The molecule has 0 aliphatic carbocycles. The molecule has 3 nitrogen and oxygen atoms in total. The van der Waals surface area contributed by atoms with Crippen LogP contribution in [0.3, 0.4) is 0 Å². The minimum Gasteiger partial charge on any atom is -0.396 e. The van der Waals surface area contributed by atoms with Gasteiger partial charge in [-0.2, -0.15) is 0 Å². The quantitative estimate of drug-likeness (QED) is 0.816. The Hall–Kier alpha value is -2.02. The highest BCUT2D eigenvalue weighted by molar-refractivity contribution is 9.10. The Morgan fingerprint density at radius 1 is 1.05 bits per heavy atom. The number of carbonyl (C=O) groups is 1. The Kier molecular flexibility index (Phi) is 3.99. The van der Waals surface area contributed by atoms with Gasteiger partial charge in [-0.25, -0.2) is 13.2 Å². The first-order chi connectivity index (χ1) is 9.38. The molecule has 0 aromatic heterocycles. The molecule has 0 atom stereocenters. The number of nitrogens with two attached hydrogens (primary N) is 1. The number of halogens is 4. The first-order valence-electron chi connectivity index (χ1n) is 5.39. The van der Waals surface area contributed by atoms with Crippen LogP contribution in [0.15, 0.2) is 34.8 Å². The summed E-state index contributed by atoms with van der Waals surface area (Å²) in [6.45, 7) is 0. The number of hydrogen-bond donors (Lipinski definition) is 2. The summed E-state index contributed by atoms with van der Waals surface area (Å²) < 4.78 is 39.9. The number of hydrogen-bond acceptors (Lipinski definition) is 2. The summed E-state index contributed by atoms with van der Waals surface area (Å²) >= 11 is 2.95. The van der Waals surface area contributed by atoms with E-state index in [1.807, 2.05) is 0 Å². The van der Waals surface area contributed by atoms with Crippen LogP contribution in [0, 0.1) is 17.5 Å². The zero-order chi connectivity index (χ0) is 14.9. The van der Waals surface area contributed by atoms with Gasteiger partial charge in [0.25, 0.3) is 5.91 Å². The highest BCUT2D eigenvalue weighted by Gasteiger charge is 2.13. The predicted octanol–water partition coefficient (Wildman–Crippen LogP) is 3.70. The lowest BCUT2D eigenvalue weighted by Gasteiger charge is -2.08. The largest absolute Gasteiger partial charge is 0.396 e. The van der Waals surface area contributed by atoms with Crippen molar-refractivity contribution in [1.82, 2.24) is 0 Å². The molecule has 0 aliphatic rings. The molecule has 0 heterocycles. The van der Waals surface area contributed by atoms with Crippen LogP contribution in [0.25, 0.3) is 0 Å². The highest BCUT2D eigenvalue weighted by Crippen LogP contribution is 2.22. The van der Waals surface area contributed by atoms with Gasteiger partial charge in [0, 0.05) is 11.6 Å². The van der Waals surface area contributed by atoms with E-state index < -0.39 is 23.4 Å². The fourth-order valence-electron chi connectivity index (χ4n) is 1.49. The van der Waals surface area contributed by atoms with Gasteiger partial charge in [0.05, 0.1) is 15.8 Å². The number of amides is 1. The van der Waals surface area contributed by atoms with Crippen molar-refractivity contribution in [3.8, 4) is 0 Å². The zero-order valence-electron chi connectivity index (χ0n) is 9.88. The first-order valence-corrected chi connectivity index (χ1v) is 6.18. The van der Waals surface area contributed by atoms with Gasteiger partial charge in [0.2, 0.25) is 0 Å². The van der Waals surface area contributed by atoms with Crippen LogP contribution in [0.1, 0.15) is 10.4 Å². The Balaban J connectivity index is 2.27. The smallest absolute Gasteiger partial charge is 0.255 e. The summed E-state index contributed by atoms with van der Waals surface area (Å²) in [6.07, 6.45) is 0. The number of nitrogens with one attached hydrogen (secondary N) is 1. The molecule has 0 unspecified atom stereocenters. The van der Waals surface area contributed by atoms with Crippen molar-refractivity contribution in [3.05, 3.63) is 57.8 Å². The maximum absolute atomic E-state index is 13.5. The highest BCUT2D eigenvalue weighted by atomic mass is 79.9. The van der Waals surface area contributed by atoms with Gasteiger partial charge in [0.1, 0.15) is 17.5 Å². The van der Waals surface area contributed by atoms with Crippen molar-refractivity contribution in [2.24, 2.45) is 0 Å². The average molecular weight is 345 g/mol. The second-order valence-electron chi connectivity index (χ2n) is 3.94. The molecule has 2 aromatic carbocycles. The third kappa shape index (κ3) is 2.93. The van der Waals surface area contributed by atoms with Crippen molar-refractivity contribution in [1.29, 1.82) is 0 Å². The second kappa shape index (κ2) is 5.54. The molecule has 0 radical (unpaired) electrons. The summed E-state index contributed by atoms with van der Waals surface area (Å²) in [7, 11) is 0. The topological polar surface area (TPSA) is 55.1 Å². The van der Waals surface area contributed by atoms with E-state index in [1.165, 1.54) is 12.1 Å². The van der Waals surface area contributed by atoms with Crippen LogP contribution >= 0.6 is 15.9 Å². The minimum absolute atomic E-state index is 0.00648. The minimum atomic E-state index is -0.970. The van der Waals surface area contributed by atoms with Crippen molar-refractivity contribution < 1.29 is 18.0 Å². The Bertz CT molecular complexity index is 692. The van der Waals surface area contributed by atoms with E-state index in [0.717, 1.165) is 12.1 Å². The van der Waals surface area contributed by atoms with E-state index >= 15 is 0 Å². The average Bonchev–Trinajstić information content (AvgIpc) is 2.39. The SMILES string of the molecule is Nc1cc(NC(=O)c2ccc(Br)c(F)c2)c(F)cc1F. The Morgan fingerprint density at radius 3 is 2.40 bits per heavy atom. The Labute approximate surface area is 120 Å². The van der Waals surface area contributed by atoms with Crippen LogP contribution in [0.2, 0.25) is 0 Å². The predicted molar refractivity (Wildman–Crippen MR) is 72.8 cm³/mol. The lowest BCUT2D eigenvalue weighted by atomic mass is 10.2. The summed E-state index contributed by atoms with van der Waals surface area (Å²) in [4.78, 5) is 11.8. The van der Waals surface area contributed by atoms with Gasteiger partial charge >= 0.3 is 0 Å². The third-order valence-electron chi connectivity index (χ3n) is 2.52. The lowest BCUT2D eigenvalue weighted by Crippen LogP contribution is -2.14. The molecule has 3 N–H and O–H groups in total. The maximum atomic E-state index is 13.5. The van der Waals surface area contributed by atoms with Crippen molar-refractivity contribution >= 4 is 33.2 Å². The molecule has 0 bridgehead atoms. The van der Waals surface area contributed by atoms with Gasteiger partial charge in [-0.15, -0.1) is 0 Å². The van der Waals surface area contributed by atoms with E-state index in [0.29, 0.717) is 6.07 Å². The van der Waals surface area contributed by atoms with E-state index in [9.17, 15) is 18.0 Å². The molecule has 2 aromatic rings. The number of benzene rings is 2. The number of anilines is 2. The Morgan fingerprint density at radius 2 is 1.75 bits per heavy atom. The molecule has 0 aliphatic heterocycles. The molecule has 0 saturated carbocycles. The molecular formula is C13H8BrF3N2O. The monoisotopic (exact) mass is 344 g/mol. The van der Waals surface area contributed by atoms with Crippen LogP contribution in [-0.2, 0) is 0 Å². The van der Waals surface area contributed by atoms with Crippen molar-refractivity contribution in [2.75, 3.05) is 11.1 Å². The van der Waals surface area contributed by atoms with Crippen LogP contribution < -0.4 is 11.1 Å². The first kappa shape index (κ1) is 14.4. The second-order valence-corrected chi connectivity index (χ2v) is 4.79. The normalized spacial score (nSPS) is 10.4. The fraction of sp³-hybridized carbons (Fsp3) is 0. The molecule has 1 amide bonds. The van der Waals surface area contributed by atoms with Crippen LogP contribution in [-0.4, -0.2) is 5.91 Å². The van der Waals surface area contributed by atoms with E-state index in [2.05, 4.69) is 21.2 Å². The summed E-state index contributed by atoms with van der Waals surface area (Å²) in [5, 5.41) is 2.20. The van der Waals surface area contributed by atoms with Gasteiger partial charge in [0.15, 0.2) is 0 Å². The number of nitrogen functional groups attached to an aromatic ring is 1. The van der Waals surface area contributed by atoms with Crippen molar-refractivity contribution in [3.63, 3.8) is 0 Å². The van der Waals surface area contributed by atoms with Gasteiger partial charge < -0.3 is 11.1 Å². The molecule has 20 heavy (non-hydrogen) atoms. The van der Waals surface area contributed by atoms with E-state index in [1.54, 1.807) is 0 Å².